The summed E-state index contributed by atoms with van der Waals surface area (Å²) in [7, 11) is 0. The number of carbonyl (C=O) groups is 1. The molecule has 3 heterocycles. The summed E-state index contributed by atoms with van der Waals surface area (Å²) < 4.78 is 5.44. The number of hydrogen-bond donors (Lipinski definition) is 0. The van der Waals surface area contributed by atoms with E-state index in [9.17, 15) is 4.79 Å². The molecule has 1 aliphatic heterocycles. The number of anilines is 1. The number of nitrogens with zero attached hydrogens (tertiary/aromatic N) is 4. The van der Waals surface area contributed by atoms with E-state index in [0.29, 0.717) is 37.1 Å². The van der Waals surface area contributed by atoms with Gasteiger partial charge in [0.05, 0.1) is 6.26 Å². The number of furan rings is 1. The van der Waals surface area contributed by atoms with Crippen molar-refractivity contribution < 1.29 is 9.21 Å². The molecule has 4 rings (SSSR count). The van der Waals surface area contributed by atoms with E-state index in [-0.39, 0.29) is 11.8 Å². The molecule has 1 atom stereocenters. The molecule has 1 unspecified atom stereocenters. The molecular weight excluding hydrogens is 400 g/mol. The van der Waals surface area contributed by atoms with E-state index in [2.05, 4.69) is 21.8 Å². The van der Waals surface area contributed by atoms with Crippen LogP contribution in [0.5, 0.6) is 0 Å². The average Bonchev–Trinajstić information content (AvgIpc) is 3.34. The standard InChI is InChI=1S/C23H25ClN4O2/c1-2-18(16-17-5-7-19(24)8-6-17)22(29)27-11-13-28(14-12-27)23-25-10-9-20(26-23)21-4-3-15-30-21/h3-10,15,18H,2,11-14,16H2,1H3. The third-order valence-electron chi connectivity index (χ3n) is 5.53. The smallest absolute Gasteiger partial charge is 0.226 e. The van der Waals surface area contributed by atoms with Gasteiger partial charge >= 0.3 is 0 Å². The van der Waals surface area contributed by atoms with E-state index >= 15 is 0 Å². The van der Waals surface area contributed by atoms with Crippen LogP contribution in [-0.2, 0) is 11.2 Å². The van der Waals surface area contributed by atoms with Crippen molar-refractivity contribution in [3.63, 3.8) is 0 Å². The van der Waals surface area contributed by atoms with Gasteiger partial charge in [-0.25, -0.2) is 9.97 Å². The van der Waals surface area contributed by atoms with Gasteiger partial charge in [0.1, 0.15) is 5.69 Å². The molecule has 1 fully saturated rings. The van der Waals surface area contributed by atoms with Gasteiger partial charge in [0.15, 0.2) is 5.76 Å². The van der Waals surface area contributed by atoms with Crippen LogP contribution in [0.25, 0.3) is 11.5 Å². The molecule has 0 saturated carbocycles. The fraction of sp³-hybridized carbons (Fsp3) is 0.348. The topological polar surface area (TPSA) is 62.5 Å². The van der Waals surface area contributed by atoms with Crippen molar-refractivity contribution in [1.82, 2.24) is 14.9 Å². The first-order chi connectivity index (χ1) is 14.6. The van der Waals surface area contributed by atoms with E-state index in [1.807, 2.05) is 47.4 Å². The first-order valence-electron chi connectivity index (χ1n) is 10.3. The zero-order valence-corrected chi connectivity index (χ0v) is 17.8. The van der Waals surface area contributed by atoms with Crippen LogP contribution >= 0.6 is 11.6 Å². The largest absolute Gasteiger partial charge is 0.463 e. The quantitative estimate of drug-likeness (QED) is 0.590. The van der Waals surface area contributed by atoms with Gasteiger partial charge in [0, 0.05) is 43.3 Å². The molecule has 1 aliphatic rings. The Balaban J connectivity index is 1.37. The van der Waals surface area contributed by atoms with Crippen LogP contribution in [0.3, 0.4) is 0 Å². The van der Waals surface area contributed by atoms with Crippen LogP contribution in [0.1, 0.15) is 18.9 Å². The average molecular weight is 425 g/mol. The molecular formula is C23H25ClN4O2. The molecule has 30 heavy (non-hydrogen) atoms. The van der Waals surface area contributed by atoms with Gasteiger partial charge in [0.2, 0.25) is 11.9 Å². The highest BCUT2D eigenvalue weighted by Gasteiger charge is 2.27. The lowest BCUT2D eigenvalue weighted by molar-refractivity contribution is -0.135. The van der Waals surface area contributed by atoms with Crippen LogP contribution in [0.15, 0.2) is 59.3 Å². The monoisotopic (exact) mass is 424 g/mol. The lowest BCUT2D eigenvalue weighted by atomic mass is 9.95. The van der Waals surface area contributed by atoms with Crippen molar-refractivity contribution in [2.75, 3.05) is 31.1 Å². The summed E-state index contributed by atoms with van der Waals surface area (Å²) in [5.74, 6) is 1.60. The van der Waals surface area contributed by atoms with E-state index in [4.69, 9.17) is 16.0 Å². The Kier molecular flexibility index (Phi) is 6.33. The zero-order chi connectivity index (χ0) is 20.9. The minimum atomic E-state index is -0.0174. The predicted molar refractivity (Wildman–Crippen MR) is 117 cm³/mol. The molecule has 156 valence electrons. The first-order valence-corrected chi connectivity index (χ1v) is 10.7. The van der Waals surface area contributed by atoms with Crippen molar-refractivity contribution in [3.05, 3.63) is 65.5 Å². The summed E-state index contributed by atoms with van der Waals surface area (Å²) >= 11 is 5.97. The van der Waals surface area contributed by atoms with Crippen LogP contribution in [0.4, 0.5) is 5.95 Å². The molecule has 6 nitrogen and oxygen atoms in total. The number of rotatable bonds is 6. The second-order valence-electron chi connectivity index (χ2n) is 7.47. The highest BCUT2D eigenvalue weighted by molar-refractivity contribution is 6.30. The normalized spacial score (nSPS) is 15.3. The molecule has 0 bridgehead atoms. The van der Waals surface area contributed by atoms with Crippen LogP contribution in [-0.4, -0.2) is 47.0 Å². The van der Waals surface area contributed by atoms with Gasteiger partial charge < -0.3 is 14.2 Å². The van der Waals surface area contributed by atoms with Crippen molar-refractivity contribution in [2.45, 2.75) is 19.8 Å². The molecule has 1 saturated heterocycles. The summed E-state index contributed by atoms with van der Waals surface area (Å²) in [4.78, 5) is 26.2. The summed E-state index contributed by atoms with van der Waals surface area (Å²) in [6.45, 7) is 4.84. The Morgan fingerprint density at radius 2 is 1.90 bits per heavy atom. The lowest BCUT2D eigenvalue weighted by Gasteiger charge is -2.36. The second-order valence-corrected chi connectivity index (χ2v) is 7.90. The molecule has 0 aliphatic carbocycles. The molecule has 2 aromatic heterocycles. The van der Waals surface area contributed by atoms with E-state index in [1.54, 1.807) is 12.5 Å². The maximum Gasteiger partial charge on any atom is 0.226 e. The number of halogens is 1. The summed E-state index contributed by atoms with van der Waals surface area (Å²) in [5.41, 5.74) is 1.90. The third-order valence-corrected chi connectivity index (χ3v) is 5.78. The van der Waals surface area contributed by atoms with Gasteiger partial charge in [-0.2, -0.15) is 0 Å². The Morgan fingerprint density at radius 3 is 2.57 bits per heavy atom. The number of hydrogen-bond acceptors (Lipinski definition) is 5. The highest BCUT2D eigenvalue weighted by atomic mass is 35.5. The Hall–Kier alpha value is -2.86. The SMILES string of the molecule is CCC(Cc1ccc(Cl)cc1)C(=O)N1CCN(c2nccc(-c3ccco3)n2)CC1. The van der Waals surface area contributed by atoms with Gasteiger partial charge in [-0.05, 0) is 48.7 Å². The van der Waals surface area contributed by atoms with Gasteiger partial charge in [-0.3, -0.25) is 4.79 Å². The maximum absolute atomic E-state index is 13.1. The minimum absolute atomic E-state index is 0.0174. The summed E-state index contributed by atoms with van der Waals surface area (Å²) in [6.07, 6.45) is 4.93. The number of piperazine rings is 1. The number of aromatic nitrogens is 2. The summed E-state index contributed by atoms with van der Waals surface area (Å²) in [5, 5.41) is 0.715. The number of amides is 1. The Morgan fingerprint density at radius 1 is 1.13 bits per heavy atom. The fourth-order valence-electron chi connectivity index (χ4n) is 3.76. The molecule has 0 radical (unpaired) electrons. The lowest BCUT2D eigenvalue weighted by Crippen LogP contribution is -2.51. The van der Waals surface area contributed by atoms with Gasteiger partial charge in [-0.1, -0.05) is 30.7 Å². The van der Waals surface area contributed by atoms with Crippen LogP contribution < -0.4 is 4.90 Å². The maximum atomic E-state index is 13.1. The zero-order valence-electron chi connectivity index (χ0n) is 17.0. The van der Waals surface area contributed by atoms with E-state index in [1.165, 1.54) is 0 Å². The van der Waals surface area contributed by atoms with Crippen LogP contribution in [0, 0.1) is 5.92 Å². The number of benzene rings is 1. The van der Waals surface area contributed by atoms with Crippen molar-refractivity contribution in [2.24, 2.45) is 5.92 Å². The van der Waals surface area contributed by atoms with Crippen LogP contribution in [0.2, 0.25) is 5.02 Å². The Bertz CT molecular complexity index is 967. The molecule has 1 aromatic carbocycles. The van der Waals surface area contributed by atoms with Crippen molar-refractivity contribution in [1.29, 1.82) is 0 Å². The van der Waals surface area contributed by atoms with Gasteiger partial charge in [0.25, 0.3) is 0 Å². The molecule has 3 aromatic rings. The molecule has 0 spiro atoms. The van der Waals surface area contributed by atoms with Gasteiger partial charge in [-0.15, -0.1) is 0 Å². The van der Waals surface area contributed by atoms with Crippen molar-refractivity contribution in [3.8, 4) is 11.5 Å². The molecule has 7 heteroatoms. The molecule has 1 amide bonds. The minimum Gasteiger partial charge on any atom is -0.463 e. The van der Waals surface area contributed by atoms with E-state index < -0.39 is 0 Å². The highest BCUT2D eigenvalue weighted by Crippen LogP contribution is 2.22. The Labute approximate surface area is 181 Å². The fourth-order valence-corrected chi connectivity index (χ4v) is 3.88. The third kappa shape index (κ3) is 4.65. The van der Waals surface area contributed by atoms with Crippen molar-refractivity contribution >= 4 is 23.5 Å². The number of carbonyl (C=O) groups excluding carboxylic acids is 1. The first kappa shape index (κ1) is 20.4. The second kappa shape index (κ2) is 9.30. The summed E-state index contributed by atoms with van der Waals surface area (Å²) in [6, 6.07) is 13.3. The van der Waals surface area contributed by atoms with E-state index in [0.717, 1.165) is 29.9 Å². The predicted octanol–water partition coefficient (Wildman–Crippen LogP) is 4.31. The molecule has 0 N–H and O–H groups in total.